The Balaban J connectivity index is 0.000000561. The molecular weight excluding hydrogens is 150 g/mol. The van der Waals surface area contributed by atoms with E-state index in [2.05, 4.69) is 6.57 Å². The highest BCUT2D eigenvalue weighted by Crippen LogP contribution is 2.01. The van der Waals surface area contributed by atoms with Crippen LogP contribution in [0.4, 0.5) is 0 Å². The molecule has 0 bridgehead atoms. The molecule has 62 valence electrons. The molecule has 0 fully saturated rings. The fraction of sp³-hybridized carbons (Fsp3) is 0.200. The topological polar surface area (TPSA) is 40.9 Å². The first kappa shape index (κ1) is 10.4. The van der Waals surface area contributed by atoms with Crippen LogP contribution in [-0.2, 0) is 0 Å². The molecule has 0 spiro atoms. The van der Waals surface area contributed by atoms with Crippen molar-refractivity contribution >= 4 is 5.78 Å². The molecule has 1 aromatic rings. The van der Waals surface area contributed by atoms with Crippen molar-refractivity contribution < 1.29 is 4.79 Å². The fourth-order valence-corrected chi connectivity index (χ4v) is 0.828. The summed E-state index contributed by atoms with van der Waals surface area (Å²) in [5.74, 6) is 0.209. The maximum atomic E-state index is 11.0. The zero-order chi connectivity index (χ0) is 9.40. The zero-order valence-corrected chi connectivity index (χ0v) is 7.03. The molecule has 0 N–H and O–H groups in total. The van der Waals surface area contributed by atoms with E-state index < -0.39 is 0 Å². The lowest BCUT2D eigenvalue weighted by molar-refractivity contribution is 0.0988. The van der Waals surface area contributed by atoms with Gasteiger partial charge in [0.15, 0.2) is 5.78 Å². The Hall–Kier alpha value is -1.62. The van der Waals surface area contributed by atoms with Gasteiger partial charge in [-0.2, -0.15) is 0 Å². The normalized spacial score (nSPS) is 7.92. The number of carbonyl (C=O) groups excluding carboxylic acids is 1. The molecule has 0 unspecified atom stereocenters. The third-order valence-electron chi connectivity index (χ3n) is 1.42. The monoisotopic (exact) mass is 161 g/mol. The molecule has 0 saturated carbocycles. The Morgan fingerprint density at radius 3 is 2.25 bits per heavy atom. The summed E-state index contributed by atoms with van der Waals surface area (Å²) < 4.78 is 0. The molecule has 1 rings (SSSR count). The molecule has 0 aromatic heterocycles. The van der Waals surface area contributed by atoms with Gasteiger partial charge < -0.3 is 0 Å². The van der Waals surface area contributed by atoms with Crippen molar-refractivity contribution in [1.82, 2.24) is 0 Å². The zero-order valence-electron chi connectivity index (χ0n) is 7.03. The summed E-state index contributed by atoms with van der Waals surface area (Å²) in [5.41, 5.74) is 0.810. The van der Waals surface area contributed by atoms with Crippen LogP contribution in [0.25, 0.3) is 0 Å². The lowest BCUT2D eigenvalue weighted by Crippen LogP contribution is -1.94. The van der Waals surface area contributed by atoms with E-state index in [0.29, 0.717) is 6.42 Å². The first-order valence-electron chi connectivity index (χ1n) is 3.68. The average Bonchev–Trinajstić information content (AvgIpc) is 2.21. The second-order valence-electron chi connectivity index (χ2n) is 2.14. The maximum Gasteiger partial charge on any atom is 0.162 e. The van der Waals surface area contributed by atoms with Gasteiger partial charge in [0.25, 0.3) is 0 Å². The van der Waals surface area contributed by atoms with Gasteiger partial charge in [0.05, 0.1) is 0 Å². The SMILES string of the molecule is C#N.CCC(=O)c1ccccc1. The van der Waals surface area contributed by atoms with E-state index >= 15 is 0 Å². The Bertz CT molecular complexity index is 251. The lowest BCUT2D eigenvalue weighted by atomic mass is 10.1. The second-order valence-corrected chi connectivity index (χ2v) is 2.14. The van der Waals surface area contributed by atoms with Crippen LogP contribution >= 0.6 is 0 Å². The van der Waals surface area contributed by atoms with Crippen molar-refractivity contribution in [2.24, 2.45) is 0 Å². The Morgan fingerprint density at radius 2 is 1.83 bits per heavy atom. The minimum absolute atomic E-state index is 0.209. The minimum atomic E-state index is 0.209. The summed E-state index contributed by atoms with van der Waals surface area (Å²) in [4.78, 5) is 11.0. The first-order valence-corrected chi connectivity index (χ1v) is 3.68. The molecule has 0 radical (unpaired) electrons. The van der Waals surface area contributed by atoms with Gasteiger partial charge >= 0.3 is 0 Å². The van der Waals surface area contributed by atoms with Crippen molar-refractivity contribution in [2.45, 2.75) is 13.3 Å². The quantitative estimate of drug-likeness (QED) is 0.625. The second kappa shape index (κ2) is 6.11. The van der Waals surface area contributed by atoms with E-state index in [-0.39, 0.29) is 5.78 Å². The number of ketones is 1. The van der Waals surface area contributed by atoms with Gasteiger partial charge in [0, 0.05) is 18.6 Å². The Morgan fingerprint density at radius 1 is 1.33 bits per heavy atom. The van der Waals surface area contributed by atoms with Crippen molar-refractivity contribution in [3.8, 4) is 6.57 Å². The van der Waals surface area contributed by atoms with Crippen LogP contribution in [0.1, 0.15) is 23.7 Å². The van der Waals surface area contributed by atoms with Crippen LogP contribution in [0.3, 0.4) is 0 Å². The lowest BCUT2D eigenvalue weighted by Gasteiger charge is -1.93. The number of Topliss-reactive ketones (excluding diaryl/α,β-unsaturated/α-hetero) is 1. The molecule has 0 saturated heterocycles. The predicted octanol–water partition coefficient (Wildman–Crippen LogP) is 2.42. The van der Waals surface area contributed by atoms with Crippen LogP contribution in [0.2, 0.25) is 0 Å². The van der Waals surface area contributed by atoms with Crippen LogP contribution in [0, 0.1) is 11.8 Å². The number of carbonyl (C=O) groups is 1. The molecular formula is C10H11NO. The predicted molar refractivity (Wildman–Crippen MR) is 47.7 cm³/mol. The van der Waals surface area contributed by atoms with E-state index in [1.807, 2.05) is 37.3 Å². The van der Waals surface area contributed by atoms with Crippen molar-refractivity contribution in [1.29, 1.82) is 5.26 Å². The van der Waals surface area contributed by atoms with Gasteiger partial charge in [0.1, 0.15) is 0 Å². The van der Waals surface area contributed by atoms with Gasteiger partial charge in [-0.25, -0.2) is 5.26 Å². The summed E-state index contributed by atoms with van der Waals surface area (Å²) in [7, 11) is 0. The van der Waals surface area contributed by atoms with Gasteiger partial charge in [-0.3, -0.25) is 4.79 Å². The molecule has 2 nitrogen and oxygen atoms in total. The molecule has 2 heteroatoms. The first-order chi connectivity index (χ1) is 5.84. The molecule has 0 heterocycles. The van der Waals surface area contributed by atoms with E-state index in [0.717, 1.165) is 5.56 Å². The van der Waals surface area contributed by atoms with Crippen molar-refractivity contribution in [2.75, 3.05) is 0 Å². The van der Waals surface area contributed by atoms with E-state index in [4.69, 9.17) is 5.26 Å². The standard InChI is InChI=1S/C9H10O.CHN/c1-2-9(10)8-6-4-3-5-7-8;1-2/h3-7H,2H2,1H3;1H. The number of nitriles is 1. The maximum absolute atomic E-state index is 11.0. The largest absolute Gasteiger partial charge is 0.294 e. The smallest absolute Gasteiger partial charge is 0.162 e. The summed E-state index contributed by atoms with van der Waals surface area (Å²) in [6.45, 7) is 5.37. The number of nitrogens with zero attached hydrogens (tertiary/aromatic N) is 1. The molecule has 0 aliphatic heterocycles. The van der Waals surface area contributed by atoms with Gasteiger partial charge in [0.2, 0.25) is 0 Å². The van der Waals surface area contributed by atoms with Crippen LogP contribution in [0.15, 0.2) is 30.3 Å². The third kappa shape index (κ3) is 2.98. The fourth-order valence-electron chi connectivity index (χ4n) is 0.828. The molecule has 0 amide bonds. The number of rotatable bonds is 2. The summed E-state index contributed by atoms with van der Waals surface area (Å²) >= 11 is 0. The minimum Gasteiger partial charge on any atom is -0.294 e. The van der Waals surface area contributed by atoms with Crippen LogP contribution in [0.5, 0.6) is 0 Å². The van der Waals surface area contributed by atoms with E-state index in [1.165, 1.54) is 0 Å². The Kier molecular flexibility index (Phi) is 5.29. The Labute approximate surface area is 72.5 Å². The van der Waals surface area contributed by atoms with Crippen LogP contribution < -0.4 is 0 Å². The number of hydrogen-bond acceptors (Lipinski definition) is 2. The number of benzene rings is 1. The van der Waals surface area contributed by atoms with Crippen molar-refractivity contribution in [3.63, 3.8) is 0 Å². The summed E-state index contributed by atoms with van der Waals surface area (Å²) in [6, 6.07) is 9.34. The van der Waals surface area contributed by atoms with Gasteiger partial charge in [-0.15, -0.1) is 0 Å². The molecule has 0 aliphatic carbocycles. The molecule has 0 atom stereocenters. The molecule has 0 aliphatic rings. The van der Waals surface area contributed by atoms with Gasteiger partial charge in [-0.05, 0) is 0 Å². The summed E-state index contributed by atoms with van der Waals surface area (Å²) in [5, 5.41) is 6.50. The van der Waals surface area contributed by atoms with Crippen molar-refractivity contribution in [3.05, 3.63) is 35.9 Å². The highest BCUT2D eigenvalue weighted by molar-refractivity contribution is 5.95. The third-order valence-corrected chi connectivity index (χ3v) is 1.42. The average molecular weight is 161 g/mol. The van der Waals surface area contributed by atoms with E-state index in [1.54, 1.807) is 0 Å². The number of hydrogen-bond donors (Lipinski definition) is 0. The highest BCUT2D eigenvalue weighted by atomic mass is 16.1. The molecule has 1 aromatic carbocycles. The highest BCUT2D eigenvalue weighted by Gasteiger charge is 1.98. The van der Waals surface area contributed by atoms with Crippen LogP contribution in [-0.4, -0.2) is 5.78 Å². The molecule has 12 heavy (non-hydrogen) atoms. The van der Waals surface area contributed by atoms with E-state index in [9.17, 15) is 4.79 Å². The summed E-state index contributed by atoms with van der Waals surface area (Å²) in [6.07, 6.45) is 0.587. The van der Waals surface area contributed by atoms with Gasteiger partial charge in [-0.1, -0.05) is 37.3 Å².